The number of hydrogen-bond acceptors (Lipinski definition) is 2. The van der Waals surface area contributed by atoms with Gasteiger partial charge in [0.05, 0.1) is 11.1 Å². The van der Waals surface area contributed by atoms with Gasteiger partial charge < -0.3 is 4.74 Å². The number of allylic oxidation sites excluding steroid dienone is 5. The third-order valence-corrected chi connectivity index (χ3v) is 9.31. The van der Waals surface area contributed by atoms with E-state index < -0.39 is 0 Å². The van der Waals surface area contributed by atoms with Gasteiger partial charge in [0, 0.05) is 11.5 Å². The van der Waals surface area contributed by atoms with E-state index in [-0.39, 0.29) is 17.2 Å². The van der Waals surface area contributed by atoms with Crippen LogP contribution in [0.2, 0.25) is 0 Å². The lowest BCUT2D eigenvalue weighted by Crippen LogP contribution is -2.43. The number of nitrogens with one attached hydrogen (secondary N) is 1. The van der Waals surface area contributed by atoms with Gasteiger partial charge in [-0.25, -0.2) is 0 Å². The monoisotopic (exact) mass is 455 g/mol. The zero-order valence-electron chi connectivity index (χ0n) is 21.8. The van der Waals surface area contributed by atoms with E-state index in [9.17, 15) is 0 Å². The van der Waals surface area contributed by atoms with Gasteiger partial charge in [0.1, 0.15) is 11.9 Å². The molecule has 0 aromatic heterocycles. The molecule has 0 radical (unpaired) electrons. The number of rotatable bonds is 4. The number of benzene rings is 1. The first-order valence-corrected chi connectivity index (χ1v) is 13.6. The van der Waals surface area contributed by atoms with Crippen molar-refractivity contribution in [2.45, 2.75) is 103 Å². The van der Waals surface area contributed by atoms with Crippen molar-refractivity contribution in [1.82, 2.24) is 5.32 Å². The Kier molecular flexibility index (Phi) is 6.06. The lowest BCUT2D eigenvalue weighted by atomic mass is 9.57. The zero-order valence-corrected chi connectivity index (χ0v) is 21.8. The van der Waals surface area contributed by atoms with Crippen LogP contribution in [0.4, 0.5) is 0 Å². The Morgan fingerprint density at radius 2 is 2.09 bits per heavy atom. The van der Waals surface area contributed by atoms with Crippen molar-refractivity contribution in [3.8, 4) is 17.6 Å². The topological polar surface area (TPSA) is 31.2 Å². The van der Waals surface area contributed by atoms with Gasteiger partial charge in [0.15, 0.2) is 0 Å². The van der Waals surface area contributed by atoms with E-state index in [1.54, 1.807) is 16.7 Å². The SMILES string of the molecule is C=CCCC1=C2C(c3ccc4c(c3)C(C)O4)CC34NC3(C#CC)CCC4C2CC/C1=C/C.CC. The fourth-order valence-corrected chi connectivity index (χ4v) is 7.92. The van der Waals surface area contributed by atoms with Crippen molar-refractivity contribution < 1.29 is 4.74 Å². The van der Waals surface area contributed by atoms with Crippen LogP contribution in [-0.4, -0.2) is 11.1 Å². The van der Waals surface area contributed by atoms with Gasteiger partial charge in [-0.3, -0.25) is 5.32 Å². The summed E-state index contributed by atoms with van der Waals surface area (Å²) in [5.41, 5.74) is 8.12. The average molecular weight is 456 g/mol. The molecule has 0 bridgehead atoms. The highest BCUT2D eigenvalue weighted by molar-refractivity contribution is 5.56. The summed E-state index contributed by atoms with van der Waals surface area (Å²) in [6.07, 6.45) is 13.1. The Hall–Kier alpha value is -2.24. The summed E-state index contributed by atoms with van der Waals surface area (Å²) in [5.74, 6) is 9.84. The molecule has 2 nitrogen and oxygen atoms in total. The molecule has 3 fully saturated rings. The minimum absolute atomic E-state index is 0.0641. The molecule has 180 valence electrons. The highest BCUT2D eigenvalue weighted by Crippen LogP contribution is 2.68. The molecule has 2 heteroatoms. The minimum atomic E-state index is 0.0641. The van der Waals surface area contributed by atoms with E-state index in [1.165, 1.54) is 43.2 Å². The highest BCUT2D eigenvalue weighted by atomic mass is 16.5. The van der Waals surface area contributed by atoms with Crippen LogP contribution in [0, 0.1) is 23.7 Å². The molecule has 3 aliphatic carbocycles. The molecular formula is C32H41NO. The van der Waals surface area contributed by atoms with Crippen LogP contribution in [0.25, 0.3) is 0 Å². The predicted molar refractivity (Wildman–Crippen MR) is 142 cm³/mol. The van der Waals surface area contributed by atoms with Crippen LogP contribution in [0.3, 0.4) is 0 Å². The van der Waals surface area contributed by atoms with Crippen LogP contribution < -0.4 is 10.1 Å². The Balaban J connectivity index is 0.00000117. The van der Waals surface area contributed by atoms with E-state index >= 15 is 0 Å². The van der Waals surface area contributed by atoms with Gasteiger partial charge in [0.25, 0.3) is 0 Å². The Morgan fingerprint density at radius 3 is 2.79 bits per heavy atom. The molecule has 1 saturated heterocycles. The number of hydrogen-bond donors (Lipinski definition) is 1. The van der Waals surface area contributed by atoms with Crippen LogP contribution in [0.15, 0.2) is 53.6 Å². The fraction of sp³-hybridized carbons (Fsp3) is 0.562. The lowest BCUT2D eigenvalue weighted by Gasteiger charge is -2.47. The molecular weight excluding hydrogens is 414 g/mol. The largest absolute Gasteiger partial charge is 0.485 e. The smallest absolute Gasteiger partial charge is 0.127 e. The summed E-state index contributed by atoms with van der Waals surface area (Å²) in [6, 6.07) is 7.01. The van der Waals surface area contributed by atoms with Crippen LogP contribution in [0.1, 0.15) is 103 Å². The van der Waals surface area contributed by atoms with Crippen LogP contribution >= 0.6 is 0 Å². The number of ether oxygens (including phenoxy) is 1. The van der Waals surface area contributed by atoms with E-state index in [0.717, 1.165) is 24.5 Å². The van der Waals surface area contributed by atoms with Crippen molar-refractivity contribution >= 4 is 0 Å². The number of fused-ring (bicyclic) bond motifs is 3. The Morgan fingerprint density at radius 1 is 1.26 bits per heavy atom. The molecule has 6 rings (SSSR count). The molecule has 2 aliphatic heterocycles. The summed E-state index contributed by atoms with van der Waals surface area (Å²) < 4.78 is 5.82. The summed E-state index contributed by atoms with van der Waals surface area (Å²) >= 11 is 0. The first-order chi connectivity index (χ1) is 16.6. The minimum Gasteiger partial charge on any atom is -0.485 e. The molecule has 0 amide bonds. The highest BCUT2D eigenvalue weighted by Gasteiger charge is 2.76. The van der Waals surface area contributed by atoms with E-state index in [0.29, 0.717) is 11.8 Å². The summed E-state index contributed by atoms with van der Waals surface area (Å²) in [5, 5.41) is 4.01. The second kappa shape index (κ2) is 8.76. The van der Waals surface area contributed by atoms with Gasteiger partial charge in [0.2, 0.25) is 0 Å². The normalized spacial score (nSPS) is 37.4. The maximum Gasteiger partial charge on any atom is 0.127 e. The third kappa shape index (κ3) is 3.20. The van der Waals surface area contributed by atoms with E-state index in [2.05, 4.69) is 67.9 Å². The van der Waals surface area contributed by atoms with Gasteiger partial charge in [-0.05, 0) is 106 Å². The quantitative estimate of drug-likeness (QED) is 0.285. The van der Waals surface area contributed by atoms with Gasteiger partial charge >= 0.3 is 0 Å². The lowest BCUT2D eigenvalue weighted by molar-refractivity contribution is 0.165. The molecule has 1 aromatic rings. The van der Waals surface area contributed by atoms with Gasteiger partial charge in [-0.2, -0.15) is 0 Å². The predicted octanol–water partition coefficient (Wildman–Crippen LogP) is 7.79. The zero-order chi connectivity index (χ0) is 24.1. The standard InChI is InChI=1S/C30H35NO.C2H6/c1-5-8-9-22-20(7-3)10-12-23-26-14-16-29(15-6-2)30(26,31-29)18-25(28(22)23)21-11-13-27-24(17-21)19(4)32-27;1-2/h5,7,11,13,17,19,23,25-26,31H,1,8-10,12,14,16,18H2,2-4H3;1-2H3/b20-7-;. The molecule has 5 aliphatic rings. The van der Waals surface area contributed by atoms with Crippen molar-refractivity contribution in [1.29, 1.82) is 0 Å². The first-order valence-electron chi connectivity index (χ1n) is 13.6. The Labute approximate surface area is 206 Å². The molecule has 2 heterocycles. The molecule has 1 N–H and O–H groups in total. The molecule has 6 atom stereocenters. The maximum atomic E-state index is 5.82. The summed E-state index contributed by atoms with van der Waals surface area (Å²) in [7, 11) is 0. The van der Waals surface area contributed by atoms with Gasteiger partial charge in [-0.15, -0.1) is 12.5 Å². The van der Waals surface area contributed by atoms with Crippen molar-refractivity contribution in [3.05, 3.63) is 64.8 Å². The second-order valence-electron chi connectivity index (χ2n) is 10.6. The van der Waals surface area contributed by atoms with Crippen LogP contribution in [-0.2, 0) is 0 Å². The van der Waals surface area contributed by atoms with Crippen molar-refractivity contribution in [2.24, 2.45) is 11.8 Å². The van der Waals surface area contributed by atoms with Crippen molar-refractivity contribution in [2.75, 3.05) is 0 Å². The Bertz CT molecular complexity index is 1110. The third-order valence-electron chi connectivity index (χ3n) is 9.31. The van der Waals surface area contributed by atoms with Crippen LogP contribution in [0.5, 0.6) is 5.75 Å². The maximum absolute atomic E-state index is 5.82. The summed E-state index contributed by atoms with van der Waals surface area (Å²) in [4.78, 5) is 0. The molecule has 34 heavy (non-hydrogen) atoms. The fourth-order valence-electron chi connectivity index (χ4n) is 7.92. The average Bonchev–Trinajstić information content (AvgIpc) is 3.36. The second-order valence-corrected chi connectivity index (χ2v) is 10.6. The molecule has 6 unspecified atom stereocenters. The first kappa shape index (κ1) is 23.5. The molecule has 2 saturated carbocycles. The number of piperidine rings is 1. The summed E-state index contributed by atoms with van der Waals surface area (Å²) in [6.45, 7) is 14.4. The van der Waals surface area contributed by atoms with Crippen molar-refractivity contribution in [3.63, 3.8) is 0 Å². The van der Waals surface area contributed by atoms with E-state index in [1.807, 2.05) is 20.8 Å². The van der Waals surface area contributed by atoms with Gasteiger partial charge in [-0.1, -0.05) is 43.6 Å². The molecule has 1 spiro atoms. The molecule has 1 aromatic carbocycles. The van der Waals surface area contributed by atoms with E-state index in [4.69, 9.17) is 4.74 Å².